The highest BCUT2D eigenvalue weighted by Crippen LogP contribution is 2.44. The fourth-order valence-corrected chi connectivity index (χ4v) is 3.74. The number of rotatable bonds is 4. The highest BCUT2D eigenvalue weighted by molar-refractivity contribution is 9.10. The molecule has 0 radical (unpaired) electrons. The lowest BCUT2D eigenvalue weighted by Gasteiger charge is -2.45. The van der Waals surface area contributed by atoms with E-state index in [1.165, 1.54) is 4.90 Å². The van der Waals surface area contributed by atoms with E-state index in [4.69, 9.17) is 0 Å². The molecule has 7 heteroatoms. The normalized spacial score (nSPS) is 20.4. The number of hydrogen-bond donors (Lipinski definition) is 2. The van der Waals surface area contributed by atoms with Crippen LogP contribution in [0.3, 0.4) is 0 Å². The molecule has 0 aliphatic carbocycles. The molecule has 136 valence electrons. The zero-order chi connectivity index (χ0) is 18.8. The van der Waals surface area contributed by atoms with Crippen LogP contribution in [0.4, 0.5) is 4.79 Å². The van der Waals surface area contributed by atoms with Crippen molar-refractivity contribution in [2.24, 2.45) is 5.41 Å². The van der Waals surface area contributed by atoms with E-state index in [0.717, 1.165) is 4.47 Å². The quantitative estimate of drug-likeness (QED) is 0.745. The Hall–Kier alpha value is -1.89. The Morgan fingerprint density at radius 3 is 2.36 bits per heavy atom. The monoisotopic (exact) mass is 410 g/mol. The Morgan fingerprint density at radius 2 is 1.84 bits per heavy atom. The van der Waals surface area contributed by atoms with Gasteiger partial charge in [-0.25, -0.2) is 4.79 Å². The minimum Gasteiger partial charge on any atom is -0.465 e. The zero-order valence-corrected chi connectivity index (χ0v) is 16.2. The second-order valence-corrected chi connectivity index (χ2v) is 8.18. The summed E-state index contributed by atoms with van der Waals surface area (Å²) in [5.41, 5.74) is -1.26. The third-order valence-electron chi connectivity index (χ3n) is 4.80. The number of carboxylic acid groups (broad SMARTS) is 1. The minimum absolute atomic E-state index is 0.161. The molecule has 1 saturated heterocycles. The number of carbonyl (C=O) groups excluding carboxylic acids is 2. The van der Waals surface area contributed by atoms with Crippen molar-refractivity contribution in [1.29, 1.82) is 0 Å². The number of amides is 2. The van der Waals surface area contributed by atoms with Crippen molar-refractivity contribution in [2.45, 2.75) is 39.2 Å². The summed E-state index contributed by atoms with van der Waals surface area (Å²) in [6.07, 6.45) is -0.0412. The number of Topliss-reactive ketones (excluding diaryl/α,β-unsaturated/α-hetero) is 1. The van der Waals surface area contributed by atoms with Gasteiger partial charge >= 0.3 is 6.09 Å². The van der Waals surface area contributed by atoms with Crippen molar-refractivity contribution in [3.8, 4) is 0 Å². The van der Waals surface area contributed by atoms with Crippen LogP contribution < -0.4 is 5.32 Å². The van der Waals surface area contributed by atoms with Gasteiger partial charge in [-0.1, -0.05) is 48.8 Å². The predicted octanol–water partition coefficient (Wildman–Crippen LogP) is 3.31. The Balaban J connectivity index is 2.17. The summed E-state index contributed by atoms with van der Waals surface area (Å²) in [4.78, 5) is 38.1. The second kappa shape index (κ2) is 7.15. The number of hydrogen-bond acceptors (Lipinski definition) is 3. The first-order chi connectivity index (χ1) is 11.6. The molecule has 25 heavy (non-hydrogen) atoms. The van der Waals surface area contributed by atoms with Crippen LogP contribution in [0.25, 0.3) is 0 Å². The summed E-state index contributed by atoms with van der Waals surface area (Å²) in [7, 11) is 0. The fraction of sp³-hybridized carbons (Fsp3) is 0.500. The molecule has 0 spiro atoms. The first kappa shape index (κ1) is 19.4. The molecule has 2 N–H and O–H groups in total. The fourth-order valence-electron chi connectivity index (χ4n) is 3.48. The molecule has 1 aliphatic heterocycles. The van der Waals surface area contributed by atoms with Gasteiger partial charge in [0, 0.05) is 16.6 Å². The topological polar surface area (TPSA) is 86.7 Å². The first-order valence-corrected chi connectivity index (χ1v) is 8.96. The van der Waals surface area contributed by atoms with Crippen LogP contribution in [0.5, 0.6) is 0 Å². The number of benzene rings is 1. The van der Waals surface area contributed by atoms with Gasteiger partial charge in [0.15, 0.2) is 5.78 Å². The number of ketones is 1. The van der Waals surface area contributed by atoms with Crippen molar-refractivity contribution < 1.29 is 19.5 Å². The average Bonchev–Trinajstić information content (AvgIpc) is 2.99. The van der Waals surface area contributed by atoms with Gasteiger partial charge in [-0.2, -0.15) is 0 Å². The summed E-state index contributed by atoms with van der Waals surface area (Å²) in [5.74, 6) is -0.629. The maximum atomic E-state index is 12.9. The lowest BCUT2D eigenvalue weighted by atomic mass is 9.71. The smallest absolute Gasteiger partial charge is 0.408 e. The van der Waals surface area contributed by atoms with Crippen LogP contribution in [0.1, 0.15) is 44.0 Å². The Morgan fingerprint density at radius 1 is 1.24 bits per heavy atom. The molecule has 1 fully saturated rings. The molecular weight excluding hydrogens is 388 g/mol. The van der Waals surface area contributed by atoms with Crippen molar-refractivity contribution in [2.75, 3.05) is 13.1 Å². The van der Waals surface area contributed by atoms with Gasteiger partial charge in [-0.15, -0.1) is 0 Å². The molecule has 0 aromatic heterocycles. The minimum atomic E-state index is -1.17. The number of nitrogens with zero attached hydrogens (tertiary/aromatic N) is 1. The predicted molar refractivity (Wildman–Crippen MR) is 97.6 cm³/mol. The molecule has 2 amide bonds. The summed E-state index contributed by atoms with van der Waals surface area (Å²) in [5, 5.41) is 12.2. The van der Waals surface area contributed by atoms with Gasteiger partial charge in [0.1, 0.15) is 5.54 Å². The highest BCUT2D eigenvalue weighted by atomic mass is 79.9. The molecule has 0 saturated carbocycles. The highest BCUT2D eigenvalue weighted by Gasteiger charge is 2.57. The van der Waals surface area contributed by atoms with Gasteiger partial charge in [0.05, 0.1) is 6.54 Å². The van der Waals surface area contributed by atoms with Crippen LogP contribution in [-0.4, -0.2) is 46.4 Å². The maximum Gasteiger partial charge on any atom is 0.408 e. The summed E-state index contributed by atoms with van der Waals surface area (Å²) in [6, 6.07) is 6.87. The van der Waals surface area contributed by atoms with Crippen LogP contribution >= 0.6 is 15.9 Å². The third kappa shape index (κ3) is 3.71. The van der Waals surface area contributed by atoms with Crippen LogP contribution in [-0.2, 0) is 4.79 Å². The maximum absolute atomic E-state index is 12.9. The molecule has 1 atom stereocenters. The number of halogens is 1. The van der Waals surface area contributed by atoms with E-state index in [0.29, 0.717) is 24.9 Å². The molecule has 2 rings (SSSR count). The molecule has 1 aromatic carbocycles. The molecular formula is C18H23BrN2O4. The molecule has 1 heterocycles. The summed E-state index contributed by atoms with van der Waals surface area (Å²) >= 11 is 3.31. The van der Waals surface area contributed by atoms with Gasteiger partial charge in [-0.05, 0) is 30.4 Å². The first-order valence-electron chi connectivity index (χ1n) is 8.17. The van der Waals surface area contributed by atoms with Crippen LogP contribution in [0.2, 0.25) is 0 Å². The van der Waals surface area contributed by atoms with Crippen molar-refractivity contribution in [3.05, 3.63) is 34.3 Å². The van der Waals surface area contributed by atoms with Gasteiger partial charge in [0.2, 0.25) is 5.91 Å². The van der Waals surface area contributed by atoms with E-state index in [-0.39, 0.29) is 12.3 Å². The van der Waals surface area contributed by atoms with E-state index in [1.54, 1.807) is 24.3 Å². The summed E-state index contributed by atoms with van der Waals surface area (Å²) in [6.45, 7) is 5.71. The van der Waals surface area contributed by atoms with Crippen LogP contribution in [0, 0.1) is 5.41 Å². The number of likely N-dealkylation sites (tertiary alicyclic amines) is 1. The molecule has 1 aromatic rings. The van der Waals surface area contributed by atoms with E-state index in [9.17, 15) is 19.5 Å². The molecule has 6 nitrogen and oxygen atoms in total. The van der Waals surface area contributed by atoms with E-state index < -0.39 is 23.0 Å². The molecule has 0 unspecified atom stereocenters. The largest absolute Gasteiger partial charge is 0.465 e. The van der Waals surface area contributed by atoms with Gasteiger partial charge < -0.3 is 10.4 Å². The van der Waals surface area contributed by atoms with E-state index >= 15 is 0 Å². The van der Waals surface area contributed by atoms with E-state index in [1.807, 2.05) is 20.8 Å². The Labute approximate surface area is 155 Å². The Kier molecular flexibility index (Phi) is 5.56. The van der Waals surface area contributed by atoms with E-state index in [2.05, 4.69) is 21.2 Å². The third-order valence-corrected chi connectivity index (χ3v) is 5.33. The summed E-state index contributed by atoms with van der Waals surface area (Å²) < 4.78 is 0.864. The standard InChI is InChI=1S/C18H23BrN2O4/c1-17(2,3)18(9-4-10-21(18)16(24)25)15(23)20-11-14(22)12-5-7-13(19)8-6-12/h5-8H,4,9-11H2,1-3H3,(H,20,23)(H,24,25)/t18-/m1/s1. The Bertz CT molecular complexity index is 681. The second-order valence-electron chi connectivity index (χ2n) is 7.26. The van der Waals surface area contributed by atoms with Crippen molar-refractivity contribution in [1.82, 2.24) is 10.2 Å². The lowest BCUT2D eigenvalue weighted by molar-refractivity contribution is -0.137. The number of nitrogens with one attached hydrogen (secondary N) is 1. The molecule has 0 bridgehead atoms. The zero-order valence-electron chi connectivity index (χ0n) is 14.6. The lowest BCUT2D eigenvalue weighted by Crippen LogP contribution is -2.64. The van der Waals surface area contributed by atoms with Gasteiger partial charge in [-0.3, -0.25) is 14.5 Å². The number of carbonyl (C=O) groups is 3. The molecule has 1 aliphatic rings. The van der Waals surface area contributed by atoms with Crippen molar-refractivity contribution in [3.63, 3.8) is 0 Å². The average molecular weight is 411 g/mol. The van der Waals surface area contributed by atoms with Crippen molar-refractivity contribution >= 4 is 33.7 Å². The SMILES string of the molecule is CC(C)(C)[C@]1(C(=O)NCC(=O)c2ccc(Br)cc2)CCCN1C(=O)O. The van der Waals surface area contributed by atoms with Gasteiger partial charge in [0.25, 0.3) is 0 Å². The van der Waals surface area contributed by atoms with Crippen LogP contribution in [0.15, 0.2) is 28.7 Å².